The van der Waals surface area contributed by atoms with Crippen LogP contribution in [0.4, 0.5) is 5.82 Å². The summed E-state index contributed by atoms with van der Waals surface area (Å²) in [7, 11) is 4.22. The molecule has 7 nitrogen and oxygen atoms in total. The average Bonchev–Trinajstić information content (AvgIpc) is 2.58. The third kappa shape index (κ3) is 3.99. The van der Waals surface area contributed by atoms with Crippen LogP contribution in [0.3, 0.4) is 0 Å². The Morgan fingerprint density at radius 1 is 1.00 bits per heavy atom. The van der Waals surface area contributed by atoms with E-state index in [0.717, 1.165) is 58.2 Å². The number of hydrogen-bond donors (Lipinski definition) is 1. The SMILES string of the molecule is CN1CCN(NC(=O)c2cccnc2N2CCN(C)CC2)CC1. The Kier molecular flexibility index (Phi) is 5.09. The van der Waals surface area contributed by atoms with E-state index in [1.165, 1.54) is 0 Å². The third-order valence-corrected chi connectivity index (χ3v) is 4.60. The number of hydrazine groups is 1. The lowest BCUT2D eigenvalue weighted by atomic mass is 10.2. The fourth-order valence-corrected chi connectivity index (χ4v) is 2.97. The van der Waals surface area contributed by atoms with Gasteiger partial charge < -0.3 is 14.7 Å². The van der Waals surface area contributed by atoms with Gasteiger partial charge in [0.05, 0.1) is 5.56 Å². The number of nitrogens with one attached hydrogen (secondary N) is 1. The highest BCUT2D eigenvalue weighted by atomic mass is 16.2. The van der Waals surface area contributed by atoms with Gasteiger partial charge in [-0.05, 0) is 26.2 Å². The molecular formula is C16H26N6O. The van der Waals surface area contributed by atoms with Crippen molar-refractivity contribution in [3.8, 4) is 0 Å². The molecule has 126 valence electrons. The molecule has 3 rings (SSSR count). The average molecular weight is 318 g/mol. The number of carbonyl (C=O) groups excluding carboxylic acids is 1. The third-order valence-electron chi connectivity index (χ3n) is 4.60. The van der Waals surface area contributed by atoms with E-state index in [1.54, 1.807) is 6.20 Å². The summed E-state index contributed by atoms with van der Waals surface area (Å²) in [4.78, 5) is 23.9. The zero-order chi connectivity index (χ0) is 16.2. The number of carbonyl (C=O) groups is 1. The van der Waals surface area contributed by atoms with Crippen molar-refractivity contribution in [2.24, 2.45) is 0 Å². The molecule has 0 spiro atoms. The van der Waals surface area contributed by atoms with E-state index in [2.05, 4.69) is 39.2 Å². The minimum Gasteiger partial charge on any atom is -0.353 e. The van der Waals surface area contributed by atoms with Crippen LogP contribution in [0.5, 0.6) is 0 Å². The summed E-state index contributed by atoms with van der Waals surface area (Å²) in [5.74, 6) is 0.740. The smallest absolute Gasteiger partial charge is 0.269 e. The van der Waals surface area contributed by atoms with Crippen molar-refractivity contribution < 1.29 is 4.79 Å². The molecule has 0 aliphatic carbocycles. The molecule has 0 atom stereocenters. The van der Waals surface area contributed by atoms with Gasteiger partial charge in [-0.1, -0.05) is 0 Å². The topological polar surface area (TPSA) is 55.0 Å². The summed E-state index contributed by atoms with van der Waals surface area (Å²) in [5.41, 5.74) is 3.70. The molecular weight excluding hydrogens is 292 g/mol. The second-order valence-electron chi connectivity index (χ2n) is 6.40. The molecule has 7 heteroatoms. The number of nitrogens with zero attached hydrogens (tertiary/aromatic N) is 5. The zero-order valence-electron chi connectivity index (χ0n) is 14.0. The van der Waals surface area contributed by atoms with Gasteiger partial charge in [0.2, 0.25) is 0 Å². The number of likely N-dealkylation sites (N-methyl/N-ethyl adjacent to an activating group) is 2. The highest BCUT2D eigenvalue weighted by Crippen LogP contribution is 2.18. The van der Waals surface area contributed by atoms with Gasteiger partial charge in [0.1, 0.15) is 5.82 Å². The van der Waals surface area contributed by atoms with Crippen molar-refractivity contribution in [3.05, 3.63) is 23.9 Å². The van der Waals surface area contributed by atoms with E-state index in [9.17, 15) is 4.79 Å². The van der Waals surface area contributed by atoms with Crippen LogP contribution in [0.15, 0.2) is 18.3 Å². The summed E-state index contributed by atoms with van der Waals surface area (Å²) in [6, 6.07) is 3.70. The molecule has 23 heavy (non-hydrogen) atoms. The predicted octanol–water partition coefficient (Wildman–Crippen LogP) is -0.274. The van der Waals surface area contributed by atoms with E-state index >= 15 is 0 Å². The molecule has 0 aromatic carbocycles. The molecule has 0 unspecified atom stereocenters. The minimum atomic E-state index is -0.0587. The number of rotatable bonds is 3. The van der Waals surface area contributed by atoms with E-state index in [4.69, 9.17) is 0 Å². The summed E-state index contributed by atoms with van der Waals surface area (Å²) >= 11 is 0. The number of aromatic nitrogens is 1. The Bertz CT molecular complexity index is 535. The van der Waals surface area contributed by atoms with Crippen molar-refractivity contribution in [1.82, 2.24) is 25.2 Å². The Hall–Kier alpha value is -1.70. The van der Waals surface area contributed by atoms with Crippen molar-refractivity contribution in [2.45, 2.75) is 0 Å². The lowest BCUT2D eigenvalue weighted by Crippen LogP contribution is -2.53. The fraction of sp³-hybridized carbons (Fsp3) is 0.625. The van der Waals surface area contributed by atoms with Crippen LogP contribution in [0, 0.1) is 0 Å². The van der Waals surface area contributed by atoms with E-state index < -0.39 is 0 Å². The van der Waals surface area contributed by atoms with Gasteiger partial charge in [-0.2, -0.15) is 0 Å². The number of pyridine rings is 1. The first-order valence-corrected chi connectivity index (χ1v) is 8.26. The molecule has 1 aromatic heterocycles. The summed E-state index contributed by atoms with van der Waals surface area (Å²) < 4.78 is 0. The van der Waals surface area contributed by atoms with Gasteiger partial charge in [-0.15, -0.1) is 0 Å². The van der Waals surface area contributed by atoms with E-state index in [0.29, 0.717) is 5.56 Å². The molecule has 0 bridgehead atoms. The second-order valence-corrected chi connectivity index (χ2v) is 6.40. The molecule has 2 aliphatic heterocycles. The maximum atomic E-state index is 12.7. The standard InChI is InChI=1S/C16H26N6O/c1-19-6-10-21(11-7-19)15-14(4-3-5-17-15)16(23)18-22-12-8-20(2)9-13-22/h3-5H,6-13H2,1-2H3,(H,18,23). The van der Waals surface area contributed by atoms with E-state index in [1.807, 2.05) is 17.1 Å². The molecule has 2 saturated heterocycles. The van der Waals surface area contributed by atoms with Crippen molar-refractivity contribution >= 4 is 11.7 Å². The lowest BCUT2D eigenvalue weighted by Gasteiger charge is -2.35. The summed E-state index contributed by atoms with van der Waals surface area (Å²) in [5, 5.41) is 2.00. The second kappa shape index (κ2) is 7.25. The lowest BCUT2D eigenvalue weighted by molar-refractivity contribution is 0.0662. The zero-order valence-corrected chi connectivity index (χ0v) is 14.0. The number of amides is 1. The first-order chi connectivity index (χ1) is 11.1. The van der Waals surface area contributed by atoms with Crippen LogP contribution in [-0.4, -0.2) is 92.2 Å². The van der Waals surface area contributed by atoms with Crippen LogP contribution >= 0.6 is 0 Å². The highest BCUT2D eigenvalue weighted by molar-refractivity contribution is 5.98. The Morgan fingerprint density at radius 2 is 1.61 bits per heavy atom. The molecule has 1 N–H and O–H groups in total. The fourth-order valence-electron chi connectivity index (χ4n) is 2.97. The van der Waals surface area contributed by atoms with Gasteiger partial charge in [-0.3, -0.25) is 10.2 Å². The largest absolute Gasteiger partial charge is 0.353 e. The van der Waals surface area contributed by atoms with Crippen LogP contribution < -0.4 is 10.3 Å². The number of hydrogen-bond acceptors (Lipinski definition) is 6. The maximum absolute atomic E-state index is 12.7. The van der Waals surface area contributed by atoms with Gasteiger partial charge in [0.25, 0.3) is 5.91 Å². The first-order valence-electron chi connectivity index (χ1n) is 8.26. The monoisotopic (exact) mass is 318 g/mol. The Labute approximate surface area is 137 Å². The van der Waals surface area contributed by atoms with Crippen LogP contribution in [-0.2, 0) is 0 Å². The van der Waals surface area contributed by atoms with E-state index in [-0.39, 0.29) is 5.91 Å². The highest BCUT2D eigenvalue weighted by Gasteiger charge is 2.23. The molecule has 0 saturated carbocycles. The van der Waals surface area contributed by atoms with Gasteiger partial charge >= 0.3 is 0 Å². The van der Waals surface area contributed by atoms with Gasteiger partial charge in [0.15, 0.2) is 0 Å². The Morgan fingerprint density at radius 3 is 2.26 bits per heavy atom. The predicted molar refractivity (Wildman–Crippen MR) is 90.5 cm³/mol. The molecule has 1 amide bonds. The van der Waals surface area contributed by atoms with Crippen molar-refractivity contribution in [1.29, 1.82) is 0 Å². The van der Waals surface area contributed by atoms with Crippen molar-refractivity contribution in [3.63, 3.8) is 0 Å². The molecule has 3 heterocycles. The first kappa shape index (κ1) is 16.2. The van der Waals surface area contributed by atoms with Crippen LogP contribution in [0.2, 0.25) is 0 Å². The van der Waals surface area contributed by atoms with Gasteiger partial charge in [0, 0.05) is 58.6 Å². The molecule has 1 aromatic rings. The Balaban J connectivity index is 1.68. The molecule has 0 radical (unpaired) electrons. The van der Waals surface area contributed by atoms with Crippen molar-refractivity contribution in [2.75, 3.05) is 71.4 Å². The molecule has 2 aliphatic rings. The number of piperazine rings is 2. The van der Waals surface area contributed by atoms with Gasteiger partial charge in [-0.25, -0.2) is 9.99 Å². The number of anilines is 1. The normalized spacial score (nSPS) is 21.4. The quantitative estimate of drug-likeness (QED) is 0.828. The summed E-state index contributed by atoms with van der Waals surface area (Å²) in [6.07, 6.45) is 1.76. The molecule has 2 fully saturated rings. The minimum absolute atomic E-state index is 0.0587. The van der Waals surface area contributed by atoms with Crippen LogP contribution in [0.25, 0.3) is 0 Å². The van der Waals surface area contributed by atoms with Crippen LogP contribution in [0.1, 0.15) is 10.4 Å². The summed E-state index contributed by atoms with van der Waals surface area (Å²) in [6.45, 7) is 7.45. The maximum Gasteiger partial charge on any atom is 0.269 e.